The smallest absolute Gasteiger partial charge is 0.242 e. The molecule has 0 radical (unpaired) electrons. The van der Waals surface area contributed by atoms with Crippen LogP contribution in [0.15, 0.2) is 59.6 Å². The van der Waals surface area contributed by atoms with Crippen molar-refractivity contribution in [1.29, 1.82) is 0 Å². The van der Waals surface area contributed by atoms with Crippen LogP contribution in [0.3, 0.4) is 0 Å². The minimum atomic E-state index is -0.555. The van der Waals surface area contributed by atoms with Gasteiger partial charge in [-0.1, -0.05) is 47.6 Å². The number of benzene rings is 2. The number of nitrogens with zero attached hydrogens (tertiary/aromatic N) is 3. The van der Waals surface area contributed by atoms with E-state index in [-0.39, 0.29) is 24.1 Å². The molecule has 33 heavy (non-hydrogen) atoms. The minimum absolute atomic E-state index is 0.0327. The molecule has 4 rings (SSSR count). The number of halogens is 1. The third kappa shape index (κ3) is 6.15. The SMILES string of the molecule is O=C(CC1SC(=Nc2ccccc2)N(CCCN2CCCC2=O)C1=O)Nc1cccc(Cl)c1. The molecule has 2 heterocycles. The lowest BCUT2D eigenvalue weighted by Crippen LogP contribution is -2.36. The van der Waals surface area contributed by atoms with E-state index in [4.69, 9.17) is 11.6 Å². The van der Waals surface area contributed by atoms with Crippen molar-refractivity contribution in [1.82, 2.24) is 9.80 Å². The zero-order valence-corrected chi connectivity index (χ0v) is 19.6. The molecular formula is C24H25ClN4O3S. The van der Waals surface area contributed by atoms with Crippen molar-refractivity contribution in [3.05, 3.63) is 59.6 Å². The van der Waals surface area contributed by atoms with Crippen LogP contribution in [0.5, 0.6) is 0 Å². The summed E-state index contributed by atoms with van der Waals surface area (Å²) in [6.07, 6.45) is 2.18. The number of carbonyl (C=O) groups excluding carboxylic acids is 3. The molecule has 2 saturated heterocycles. The summed E-state index contributed by atoms with van der Waals surface area (Å²) in [4.78, 5) is 45.8. The summed E-state index contributed by atoms with van der Waals surface area (Å²) < 4.78 is 0. The van der Waals surface area contributed by atoms with Gasteiger partial charge in [-0.05, 0) is 43.2 Å². The van der Waals surface area contributed by atoms with E-state index in [2.05, 4.69) is 10.3 Å². The lowest BCUT2D eigenvalue weighted by molar-refractivity contribution is -0.128. The van der Waals surface area contributed by atoms with E-state index in [9.17, 15) is 14.4 Å². The van der Waals surface area contributed by atoms with E-state index in [0.717, 1.165) is 18.7 Å². The van der Waals surface area contributed by atoms with Gasteiger partial charge in [0.25, 0.3) is 0 Å². The Bertz CT molecular complexity index is 1060. The standard InChI is InChI=1S/C24H25ClN4O3S/c25-17-7-4-10-19(15-17)26-21(30)16-20-23(32)29(14-6-13-28-12-5-11-22(28)31)24(33-20)27-18-8-2-1-3-9-18/h1-4,7-10,15,20H,5-6,11-14,16H2,(H,26,30). The van der Waals surface area contributed by atoms with Crippen LogP contribution in [0.4, 0.5) is 11.4 Å². The number of hydrogen-bond donors (Lipinski definition) is 1. The van der Waals surface area contributed by atoms with E-state index in [1.807, 2.05) is 35.2 Å². The highest BCUT2D eigenvalue weighted by atomic mass is 35.5. The minimum Gasteiger partial charge on any atom is -0.343 e. The Kier molecular flexibility index (Phi) is 7.67. The Morgan fingerprint density at radius 3 is 2.67 bits per heavy atom. The summed E-state index contributed by atoms with van der Waals surface area (Å²) in [5.74, 6) is -0.221. The molecule has 0 aliphatic carbocycles. The van der Waals surface area contributed by atoms with Crippen molar-refractivity contribution in [2.24, 2.45) is 4.99 Å². The van der Waals surface area contributed by atoms with Crippen molar-refractivity contribution in [3.8, 4) is 0 Å². The Hall–Kier alpha value is -2.84. The topological polar surface area (TPSA) is 82.1 Å². The van der Waals surface area contributed by atoms with Crippen LogP contribution in [0.1, 0.15) is 25.7 Å². The van der Waals surface area contributed by atoms with Gasteiger partial charge in [0.15, 0.2) is 5.17 Å². The lowest BCUT2D eigenvalue weighted by Gasteiger charge is -2.20. The molecule has 0 saturated carbocycles. The number of nitrogens with one attached hydrogen (secondary N) is 1. The molecule has 2 fully saturated rings. The van der Waals surface area contributed by atoms with Gasteiger partial charge >= 0.3 is 0 Å². The van der Waals surface area contributed by atoms with E-state index in [1.165, 1.54) is 11.8 Å². The zero-order valence-electron chi connectivity index (χ0n) is 18.1. The number of hydrogen-bond acceptors (Lipinski definition) is 5. The summed E-state index contributed by atoms with van der Waals surface area (Å²) in [5, 5.41) is 3.36. The van der Waals surface area contributed by atoms with Crippen LogP contribution in [-0.2, 0) is 14.4 Å². The molecule has 0 spiro atoms. The largest absolute Gasteiger partial charge is 0.343 e. The zero-order chi connectivity index (χ0) is 23.2. The van der Waals surface area contributed by atoms with E-state index >= 15 is 0 Å². The molecule has 1 N–H and O–H groups in total. The fourth-order valence-corrected chi connectivity index (χ4v) is 5.22. The maximum Gasteiger partial charge on any atom is 0.242 e. The first-order valence-electron chi connectivity index (χ1n) is 10.9. The third-order valence-electron chi connectivity index (χ3n) is 5.46. The van der Waals surface area contributed by atoms with Crippen molar-refractivity contribution in [2.45, 2.75) is 30.9 Å². The molecule has 0 bridgehead atoms. The van der Waals surface area contributed by atoms with Crippen LogP contribution in [0, 0.1) is 0 Å². The number of amides is 3. The van der Waals surface area contributed by atoms with Crippen LogP contribution in [0.25, 0.3) is 0 Å². The third-order valence-corrected chi connectivity index (χ3v) is 6.87. The summed E-state index contributed by atoms with van der Waals surface area (Å²) in [6.45, 7) is 1.85. The molecule has 2 aromatic rings. The predicted octanol–water partition coefficient (Wildman–Crippen LogP) is 4.31. The van der Waals surface area contributed by atoms with Gasteiger partial charge in [-0.2, -0.15) is 0 Å². The average Bonchev–Trinajstić information content (AvgIpc) is 3.32. The molecule has 1 atom stereocenters. The summed E-state index contributed by atoms with van der Waals surface area (Å²) in [6, 6.07) is 16.3. The summed E-state index contributed by atoms with van der Waals surface area (Å²) in [7, 11) is 0. The number of rotatable bonds is 8. The van der Waals surface area contributed by atoms with Gasteiger partial charge in [0, 0.05) is 43.2 Å². The molecule has 172 valence electrons. The number of likely N-dealkylation sites (tertiary alicyclic amines) is 1. The molecule has 9 heteroatoms. The molecule has 3 amide bonds. The fraction of sp³-hybridized carbons (Fsp3) is 0.333. The van der Waals surface area contributed by atoms with Crippen molar-refractivity contribution in [3.63, 3.8) is 0 Å². The number of carbonyl (C=O) groups is 3. The molecule has 2 aliphatic rings. The van der Waals surface area contributed by atoms with Gasteiger partial charge < -0.3 is 10.2 Å². The number of thioether (sulfide) groups is 1. The van der Waals surface area contributed by atoms with Gasteiger partial charge in [0.05, 0.1) is 5.69 Å². The van der Waals surface area contributed by atoms with Crippen molar-refractivity contribution in [2.75, 3.05) is 25.0 Å². The first kappa shape index (κ1) is 23.3. The fourth-order valence-electron chi connectivity index (χ4n) is 3.85. The Morgan fingerprint density at radius 1 is 1.12 bits per heavy atom. The van der Waals surface area contributed by atoms with E-state index < -0.39 is 5.25 Å². The summed E-state index contributed by atoms with van der Waals surface area (Å²) in [5.41, 5.74) is 1.34. The first-order chi connectivity index (χ1) is 16.0. The highest BCUT2D eigenvalue weighted by Crippen LogP contribution is 2.32. The highest BCUT2D eigenvalue weighted by Gasteiger charge is 2.39. The van der Waals surface area contributed by atoms with Crippen LogP contribution >= 0.6 is 23.4 Å². The molecule has 0 aromatic heterocycles. The second kappa shape index (κ2) is 10.9. The molecule has 1 unspecified atom stereocenters. The van der Waals surface area contributed by atoms with Crippen LogP contribution < -0.4 is 5.32 Å². The predicted molar refractivity (Wildman–Crippen MR) is 132 cm³/mol. The molecule has 7 nitrogen and oxygen atoms in total. The van der Waals surface area contributed by atoms with E-state index in [1.54, 1.807) is 29.2 Å². The maximum atomic E-state index is 13.2. The molecule has 2 aliphatic heterocycles. The normalized spacial score (nSPS) is 19.5. The second-order valence-electron chi connectivity index (χ2n) is 7.93. The van der Waals surface area contributed by atoms with Crippen LogP contribution in [-0.4, -0.2) is 57.6 Å². The van der Waals surface area contributed by atoms with Crippen LogP contribution in [0.2, 0.25) is 5.02 Å². The molecule has 2 aromatic carbocycles. The average molecular weight is 485 g/mol. The first-order valence-corrected chi connectivity index (χ1v) is 12.2. The van der Waals surface area contributed by atoms with Gasteiger partial charge in [-0.15, -0.1) is 0 Å². The molecular weight excluding hydrogens is 460 g/mol. The van der Waals surface area contributed by atoms with Gasteiger partial charge in [0.1, 0.15) is 5.25 Å². The Labute approximate surface area is 202 Å². The number of para-hydroxylation sites is 1. The Morgan fingerprint density at radius 2 is 1.94 bits per heavy atom. The Balaban J connectivity index is 1.43. The monoisotopic (exact) mass is 484 g/mol. The van der Waals surface area contributed by atoms with Crippen molar-refractivity contribution < 1.29 is 14.4 Å². The van der Waals surface area contributed by atoms with Gasteiger partial charge in [-0.25, -0.2) is 4.99 Å². The van der Waals surface area contributed by atoms with Crippen molar-refractivity contribution >= 4 is 57.6 Å². The summed E-state index contributed by atoms with van der Waals surface area (Å²) >= 11 is 7.29. The number of amidine groups is 1. The van der Waals surface area contributed by atoms with Gasteiger partial charge in [0.2, 0.25) is 17.7 Å². The number of anilines is 1. The maximum absolute atomic E-state index is 13.2. The number of aliphatic imine (C=N–C) groups is 1. The lowest BCUT2D eigenvalue weighted by atomic mass is 10.2. The van der Waals surface area contributed by atoms with E-state index in [0.29, 0.717) is 41.8 Å². The van der Waals surface area contributed by atoms with Gasteiger partial charge in [-0.3, -0.25) is 19.3 Å². The highest BCUT2D eigenvalue weighted by molar-refractivity contribution is 8.15. The quantitative estimate of drug-likeness (QED) is 0.605. The second-order valence-corrected chi connectivity index (χ2v) is 9.53.